The standard InChI is InChI=1S/C25H28F3N5O3/c1-4-14-34-21-10-6-19(7-11-21)16-30-23(29)33-24(31-18(3)36-17-25(26,27)28)32-20-8-12-22(13-9-20)35-15-5-2/h4-13H,1-3,14-17H2,(H4,29,30,31,32,33). The van der Waals surface area contributed by atoms with Gasteiger partial charge in [0.05, 0.1) is 0 Å². The van der Waals surface area contributed by atoms with Gasteiger partial charge in [-0.25, -0.2) is 0 Å². The average Bonchev–Trinajstić information content (AvgIpc) is 2.84. The Labute approximate surface area is 207 Å². The van der Waals surface area contributed by atoms with Gasteiger partial charge in [0.25, 0.3) is 0 Å². The number of halogens is 3. The lowest BCUT2D eigenvalue weighted by Crippen LogP contribution is -2.33. The summed E-state index contributed by atoms with van der Waals surface area (Å²) in [4.78, 5) is 8.02. The third-order valence-corrected chi connectivity index (χ3v) is 4.10. The second-order valence-corrected chi connectivity index (χ2v) is 7.08. The molecule has 0 aliphatic rings. The van der Waals surface area contributed by atoms with Gasteiger partial charge in [0.15, 0.2) is 12.6 Å². The van der Waals surface area contributed by atoms with Crippen LogP contribution < -0.4 is 25.8 Å². The van der Waals surface area contributed by atoms with E-state index in [2.05, 4.69) is 45.1 Å². The first-order chi connectivity index (χ1) is 17.2. The van der Waals surface area contributed by atoms with Crippen molar-refractivity contribution in [1.29, 1.82) is 0 Å². The van der Waals surface area contributed by atoms with Crippen LogP contribution in [-0.2, 0) is 11.3 Å². The number of rotatable bonds is 12. The van der Waals surface area contributed by atoms with E-state index >= 15 is 0 Å². The van der Waals surface area contributed by atoms with E-state index in [0.29, 0.717) is 36.9 Å². The van der Waals surface area contributed by atoms with Crippen LogP contribution in [0.1, 0.15) is 5.56 Å². The summed E-state index contributed by atoms with van der Waals surface area (Å²) in [6.07, 6.45) is -1.28. The zero-order valence-corrected chi connectivity index (χ0v) is 19.6. The average molecular weight is 504 g/mol. The lowest BCUT2D eigenvalue weighted by atomic mass is 10.2. The monoisotopic (exact) mass is 503 g/mol. The van der Waals surface area contributed by atoms with Crippen molar-refractivity contribution in [3.8, 4) is 11.5 Å². The van der Waals surface area contributed by atoms with Crippen molar-refractivity contribution in [2.75, 3.05) is 25.1 Å². The highest BCUT2D eigenvalue weighted by molar-refractivity contribution is 6.02. The van der Waals surface area contributed by atoms with Crippen LogP contribution in [0.5, 0.6) is 11.5 Å². The first-order valence-electron chi connectivity index (χ1n) is 10.7. The van der Waals surface area contributed by atoms with E-state index in [9.17, 15) is 13.2 Å². The van der Waals surface area contributed by atoms with Crippen LogP contribution in [0.3, 0.4) is 0 Å². The molecule has 2 rings (SSSR count). The fraction of sp³-hybridized carbons (Fsp3) is 0.200. The molecular weight excluding hydrogens is 475 g/mol. The zero-order chi connectivity index (χ0) is 26.4. The van der Waals surface area contributed by atoms with E-state index in [1.165, 1.54) is 0 Å². The molecule has 0 amide bonds. The second-order valence-electron chi connectivity index (χ2n) is 7.08. The van der Waals surface area contributed by atoms with Crippen molar-refractivity contribution in [3.63, 3.8) is 0 Å². The Morgan fingerprint density at radius 3 is 2.00 bits per heavy atom. The molecule has 0 unspecified atom stereocenters. The summed E-state index contributed by atoms with van der Waals surface area (Å²) in [5, 5.41) is 5.78. The Kier molecular flexibility index (Phi) is 10.9. The highest BCUT2D eigenvalue weighted by Gasteiger charge is 2.28. The first-order valence-corrected chi connectivity index (χ1v) is 10.7. The van der Waals surface area contributed by atoms with Crippen molar-refractivity contribution in [2.24, 2.45) is 15.7 Å². The summed E-state index contributed by atoms with van der Waals surface area (Å²) in [6.45, 7) is 10.1. The molecule has 2 aromatic rings. The van der Waals surface area contributed by atoms with Gasteiger partial charge < -0.3 is 30.6 Å². The minimum absolute atomic E-state index is 0.0391. The van der Waals surface area contributed by atoms with E-state index < -0.39 is 18.7 Å². The number of alkyl halides is 3. The molecule has 2 aromatic carbocycles. The molecule has 4 N–H and O–H groups in total. The van der Waals surface area contributed by atoms with Crippen LogP contribution in [0.4, 0.5) is 18.9 Å². The number of benzene rings is 2. The number of guanidine groups is 2. The second kappa shape index (κ2) is 14.1. The molecule has 0 aromatic heterocycles. The Morgan fingerprint density at radius 2 is 1.47 bits per heavy atom. The Bertz CT molecular complexity index is 1070. The number of hydrogen-bond donors (Lipinski definition) is 3. The number of nitrogens with zero attached hydrogens (tertiary/aromatic N) is 2. The molecule has 36 heavy (non-hydrogen) atoms. The molecule has 0 aliphatic heterocycles. The minimum Gasteiger partial charge on any atom is -0.490 e. The topological polar surface area (TPSA) is 102 Å². The maximum Gasteiger partial charge on any atom is 0.422 e. The number of anilines is 1. The van der Waals surface area contributed by atoms with Gasteiger partial charge in [-0.05, 0) is 48.5 Å². The molecule has 0 radical (unpaired) electrons. The predicted octanol–water partition coefficient (Wildman–Crippen LogP) is 4.74. The molecule has 0 saturated heterocycles. The molecule has 0 heterocycles. The van der Waals surface area contributed by atoms with Crippen molar-refractivity contribution in [3.05, 3.63) is 91.9 Å². The summed E-state index contributed by atoms with van der Waals surface area (Å²) < 4.78 is 52.8. The zero-order valence-electron chi connectivity index (χ0n) is 19.6. The van der Waals surface area contributed by atoms with Gasteiger partial charge in [-0.2, -0.15) is 23.2 Å². The van der Waals surface area contributed by atoms with Gasteiger partial charge in [-0.1, -0.05) is 37.4 Å². The minimum atomic E-state index is -4.54. The summed E-state index contributed by atoms with van der Waals surface area (Å²) in [6, 6.07) is 14.0. The summed E-state index contributed by atoms with van der Waals surface area (Å²) in [7, 11) is 0. The van der Waals surface area contributed by atoms with E-state index in [1.54, 1.807) is 48.6 Å². The summed E-state index contributed by atoms with van der Waals surface area (Å²) >= 11 is 0. The largest absolute Gasteiger partial charge is 0.490 e. The van der Waals surface area contributed by atoms with Gasteiger partial charge >= 0.3 is 6.18 Å². The quantitative estimate of drug-likeness (QED) is 0.167. The number of hydrogen-bond acceptors (Lipinski definition) is 4. The smallest absolute Gasteiger partial charge is 0.422 e. The van der Waals surface area contributed by atoms with Gasteiger partial charge in [0.1, 0.15) is 24.7 Å². The molecule has 0 saturated carbocycles. The van der Waals surface area contributed by atoms with E-state index in [-0.39, 0.29) is 11.9 Å². The molecule has 192 valence electrons. The lowest BCUT2D eigenvalue weighted by molar-refractivity contribution is -0.164. The van der Waals surface area contributed by atoms with Gasteiger partial charge in [-0.3, -0.25) is 0 Å². The first kappa shape index (κ1) is 27.8. The Balaban J connectivity index is 2.10. The lowest BCUT2D eigenvalue weighted by Gasteiger charge is -2.12. The predicted molar refractivity (Wildman–Crippen MR) is 135 cm³/mol. The van der Waals surface area contributed by atoms with Gasteiger partial charge in [0.2, 0.25) is 11.8 Å². The van der Waals surface area contributed by atoms with Gasteiger partial charge in [-0.15, -0.1) is 0 Å². The maximum atomic E-state index is 12.5. The van der Waals surface area contributed by atoms with Gasteiger partial charge in [0, 0.05) is 12.2 Å². The van der Waals surface area contributed by atoms with Crippen LogP contribution in [0.25, 0.3) is 0 Å². The van der Waals surface area contributed by atoms with Crippen molar-refractivity contribution < 1.29 is 27.4 Å². The maximum absolute atomic E-state index is 12.5. The molecule has 0 fully saturated rings. The number of nitrogens with two attached hydrogens (primary N) is 1. The Morgan fingerprint density at radius 1 is 0.917 bits per heavy atom. The third kappa shape index (κ3) is 11.1. The highest BCUT2D eigenvalue weighted by Crippen LogP contribution is 2.18. The van der Waals surface area contributed by atoms with Crippen molar-refractivity contribution >= 4 is 17.6 Å². The molecule has 11 heteroatoms. The highest BCUT2D eigenvalue weighted by atomic mass is 19.4. The van der Waals surface area contributed by atoms with E-state index in [1.807, 2.05) is 12.1 Å². The normalized spacial score (nSPS) is 11.9. The number of nitrogens with one attached hydrogen (secondary N) is 2. The Hall–Kier alpha value is -4.41. The van der Waals surface area contributed by atoms with Crippen LogP contribution >= 0.6 is 0 Å². The summed E-state index contributed by atoms with van der Waals surface area (Å²) in [5.41, 5.74) is 7.38. The number of ether oxygens (including phenoxy) is 3. The molecule has 0 bridgehead atoms. The molecule has 0 atom stereocenters. The van der Waals surface area contributed by atoms with Crippen LogP contribution in [0, 0.1) is 0 Å². The van der Waals surface area contributed by atoms with Crippen LogP contribution in [-0.4, -0.2) is 37.9 Å². The molecular formula is C25H28F3N5O3. The molecule has 0 aliphatic carbocycles. The van der Waals surface area contributed by atoms with E-state index in [4.69, 9.17) is 15.2 Å². The third-order valence-electron chi connectivity index (χ3n) is 4.10. The van der Waals surface area contributed by atoms with Crippen LogP contribution in [0.2, 0.25) is 0 Å². The van der Waals surface area contributed by atoms with Crippen molar-refractivity contribution in [2.45, 2.75) is 12.7 Å². The molecule has 8 nitrogen and oxygen atoms in total. The van der Waals surface area contributed by atoms with Crippen LogP contribution in [0.15, 0.2) is 96.3 Å². The SMILES string of the molecule is C=CCOc1ccc(CN/C(N)=N/C(=N\C(=C)OCC(F)(F)F)Nc2ccc(OCC=C)cc2)cc1. The van der Waals surface area contributed by atoms with Crippen molar-refractivity contribution in [1.82, 2.24) is 5.32 Å². The summed E-state index contributed by atoms with van der Waals surface area (Å²) in [5.74, 6) is 0.620. The molecule has 0 spiro atoms. The fourth-order valence-electron chi connectivity index (χ4n) is 2.52. The fourth-order valence-corrected chi connectivity index (χ4v) is 2.52. The number of aliphatic imine (C=N–C) groups is 2. The van der Waals surface area contributed by atoms with E-state index in [0.717, 1.165) is 5.56 Å².